The molecular formula is C23H18N2O3. The highest BCUT2D eigenvalue weighted by atomic mass is 16.2. The quantitative estimate of drug-likeness (QED) is 0.664. The Kier molecular flexibility index (Phi) is 3.76. The van der Waals surface area contributed by atoms with Gasteiger partial charge >= 0.3 is 0 Å². The molecule has 138 valence electrons. The second-order valence-corrected chi connectivity index (χ2v) is 7.15. The van der Waals surface area contributed by atoms with Crippen molar-refractivity contribution in [3.8, 4) is 0 Å². The fourth-order valence-electron chi connectivity index (χ4n) is 4.22. The summed E-state index contributed by atoms with van der Waals surface area (Å²) in [6, 6.07) is 18.8. The molecule has 0 radical (unpaired) electrons. The summed E-state index contributed by atoms with van der Waals surface area (Å²) in [6.07, 6.45) is 0.947. The van der Waals surface area contributed by atoms with Crippen LogP contribution < -0.4 is 4.90 Å². The number of hydrogen-bond donors (Lipinski definition) is 0. The van der Waals surface area contributed by atoms with Crippen LogP contribution in [0.2, 0.25) is 0 Å². The summed E-state index contributed by atoms with van der Waals surface area (Å²) < 4.78 is 0. The monoisotopic (exact) mass is 370 g/mol. The first kappa shape index (κ1) is 16.7. The number of para-hydroxylation sites is 1. The first-order valence-electron chi connectivity index (χ1n) is 9.41. The zero-order valence-corrected chi connectivity index (χ0v) is 15.2. The van der Waals surface area contributed by atoms with Gasteiger partial charge in [0.2, 0.25) is 5.91 Å². The Hall–Kier alpha value is -3.47. The van der Waals surface area contributed by atoms with E-state index in [0.29, 0.717) is 23.1 Å². The van der Waals surface area contributed by atoms with E-state index in [-0.39, 0.29) is 30.7 Å². The second-order valence-electron chi connectivity index (χ2n) is 7.15. The molecular weight excluding hydrogens is 352 g/mol. The lowest BCUT2D eigenvalue weighted by molar-refractivity contribution is -0.118. The number of amides is 3. The van der Waals surface area contributed by atoms with Crippen LogP contribution in [-0.4, -0.2) is 35.7 Å². The van der Waals surface area contributed by atoms with Gasteiger partial charge in [0.25, 0.3) is 11.8 Å². The summed E-state index contributed by atoms with van der Waals surface area (Å²) in [4.78, 5) is 41.6. The fraction of sp³-hybridized carbons (Fsp3) is 0.174. The molecule has 0 N–H and O–H groups in total. The Morgan fingerprint density at radius 2 is 1.54 bits per heavy atom. The van der Waals surface area contributed by atoms with Gasteiger partial charge in [-0.3, -0.25) is 19.3 Å². The van der Waals surface area contributed by atoms with Crippen molar-refractivity contribution in [1.29, 1.82) is 0 Å². The molecule has 3 amide bonds. The van der Waals surface area contributed by atoms with E-state index in [9.17, 15) is 14.4 Å². The highest BCUT2D eigenvalue weighted by Gasteiger charge is 2.33. The van der Waals surface area contributed by atoms with Crippen LogP contribution in [0, 0.1) is 0 Å². The SMILES string of the molecule is O=C1c2cccc3cccc(c23)C(=O)N1CCC(=O)N1CCc2ccccc21. The number of hydrogen-bond acceptors (Lipinski definition) is 3. The van der Waals surface area contributed by atoms with Gasteiger partial charge in [0.1, 0.15) is 0 Å². The van der Waals surface area contributed by atoms with Crippen LogP contribution in [0.25, 0.3) is 10.8 Å². The van der Waals surface area contributed by atoms with Gasteiger partial charge in [0.05, 0.1) is 0 Å². The first-order valence-corrected chi connectivity index (χ1v) is 9.41. The van der Waals surface area contributed by atoms with E-state index in [1.54, 1.807) is 17.0 Å². The highest BCUT2D eigenvalue weighted by molar-refractivity contribution is 6.25. The van der Waals surface area contributed by atoms with Crippen molar-refractivity contribution >= 4 is 34.2 Å². The van der Waals surface area contributed by atoms with Crippen LogP contribution >= 0.6 is 0 Å². The smallest absolute Gasteiger partial charge is 0.261 e. The van der Waals surface area contributed by atoms with Crippen molar-refractivity contribution in [2.75, 3.05) is 18.0 Å². The van der Waals surface area contributed by atoms with Crippen LogP contribution in [0.3, 0.4) is 0 Å². The molecule has 0 saturated heterocycles. The lowest BCUT2D eigenvalue weighted by Gasteiger charge is -2.27. The van der Waals surface area contributed by atoms with E-state index in [0.717, 1.165) is 23.1 Å². The minimum atomic E-state index is -0.330. The number of carbonyl (C=O) groups is 3. The average molecular weight is 370 g/mol. The zero-order chi connectivity index (χ0) is 19.3. The molecule has 0 aromatic heterocycles. The number of imide groups is 1. The van der Waals surface area contributed by atoms with Gasteiger partial charge in [-0.05, 0) is 35.6 Å². The molecule has 5 heteroatoms. The van der Waals surface area contributed by atoms with E-state index in [4.69, 9.17) is 0 Å². The van der Waals surface area contributed by atoms with Crippen LogP contribution in [-0.2, 0) is 11.2 Å². The van der Waals surface area contributed by atoms with Gasteiger partial charge in [0.15, 0.2) is 0 Å². The molecule has 5 nitrogen and oxygen atoms in total. The summed E-state index contributed by atoms with van der Waals surface area (Å²) in [5.41, 5.74) is 3.12. The average Bonchev–Trinajstić information content (AvgIpc) is 3.16. The third-order valence-corrected chi connectivity index (χ3v) is 5.59. The summed E-state index contributed by atoms with van der Waals surface area (Å²) in [6.45, 7) is 0.724. The third-order valence-electron chi connectivity index (χ3n) is 5.59. The number of carbonyl (C=O) groups excluding carboxylic acids is 3. The van der Waals surface area contributed by atoms with Crippen LogP contribution in [0.4, 0.5) is 5.69 Å². The lowest BCUT2D eigenvalue weighted by Crippen LogP contribution is -2.42. The number of nitrogens with zero attached hydrogens (tertiary/aromatic N) is 2. The topological polar surface area (TPSA) is 57.7 Å². The highest BCUT2D eigenvalue weighted by Crippen LogP contribution is 2.31. The van der Waals surface area contributed by atoms with E-state index in [2.05, 4.69) is 0 Å². The molecule has 0 fully saturated rings. The molecule has 0 bridgehead atoms. The second kappa shape index (κ2) is 6.30. The van der Waals surface area contributed by atoms with Crippen LogP contribution in [0.1, 0.15) is 32.7 Å². The van der Waals surface area contributed by atoms with Crippen molar-refractivity contribution < 1.29 is 14.4 Å². The molecule has 0 spiro atoms. The molecule has 28 heavy (non-hydrogen) atoms. The minimum Gasteiger partial charge on any atom is -0.312 e. The Bertz CT molecular complexity index is 1100. The molecule has 3 aromatic carbocycles. The van der Waals surface area contributed by atoms with Gasteiger partial charge in [-0.25, -0.2) is 0 Å². The third kappa shape index (κ3) is 2.43. The summed E-state index contributed by atoms with van der Waals surface area (Å²) >= 11 is 0. The van der Waals surface area contributed by atoms with Crippen LogP contribution in [0.5, 0.6) is 0 Å². The van der Waals surface area contributed by atoms with Gasteiger partial charge in [-0.2, -0.15) is 0 Å². The summed E-state index contributed by atoms with van der Waals surface area (Å²) in [7, 11) is 0. The molecule has 3 aromatic rings. The van der Waals surface area contributed by atoms with Crippen LogP contribution in [0.15, 0.2) is 60.7 Å². The maximum atomic E-state index is 12.9. The largest absolute Gasteiger partial charge is 0.312 e. The normalized spacial score (nSPS) is 15.3. The van der Waals surface area contributed by atoms with E-state index in [1.807, 2.05) is 48.5 Å². The Morgan fingerprint density at radius 3 is 2.25 bits per heavy atom. The maximum absolute atomic E-state index is 12.9. The minimum absolute atomic E-state index is 0.0670. The Morgan fingerprint density at radius 1 is 0.857 bits per heavy atom. The number of rotatable bonds is 3. The maximum Gasteiger partial charge on any atom is 0.261 e. The van der Waals surface area contributed by atoms with Crippen molar-refractivity contribution in [3.63, 3.8) is 0 Å². The molecule has 2 aliphatic heterocycles. The molecule has 0 atom stereocenters. The van der Waals surface area contributed by atoms with Crippen molar-refractivity contribution in [2.24, 2.45) is 0 Å². The van der Waals surface area contributed by atoms with Gasteiger partial charge < -0.3 is 4.90 Å². The van der Waals surface area contributed by atoms with E-state index in [1.165, 1.54) is 4.90 Å². The van der Waals surface area contributed by atoms with Gasteiger partial charge in [0, 0.05) is 41.7 Å². The molecule has 0 saturated carbocycles. The Balaban J connectivity index is 1.39. The van der Waals surface area contributed by atoms with Crippen molar-refractivity contribution in [1.82, 2.24) is 4.90 Å². The van der Waals surface area contributed by atoms with Crippen molar-refractivity contribution in [3.05, 3.63) is 77.4 Å². The first-order chi connectivity index (χ1) is 13.6. The number of benzene rings is 3. The Labute approximate surface area is 162 Å². The van der Waals surface area contributed by atoms with E-state index < -0.39 is 0 Å². The summed E-state index contributed by atoms with van der Waals surface area (Å²) in [5, 5.41) is 1.58. The van der Waals surface area contributed by atoms with Gasteiger partial charge in [-0.15, -0.1) is 0 Å². The van der Waals surface area contributed by atoms with Crippen molar-refractivity contribution in [2.45, 2.75) is 12.8 Å². The predicted molar refractivity (Wildman–Crippen MR) is 106 cm³/mol. The molecule has 2 aliphatic rings. The molecule has 2 heterocycles. The summed E-state index contributed by atoms with van der Waals surface area (Å²) in [5.74, 6) is -0.726. The number of anilines is 1. The zero-order valence-electron chi connectivity index (χ0n) is 15.2. The predicted octanol–water partition coefficient (Wildman–Crippen LogP) is 3.42. The number of fused-ring (bicyclic) bond motifs is 1. The fourth-order valence-corrected chi connectivity index (χ4v) is 4.22. The lowest BCUT2D eigenvalue weighted by atomic mass is 9.94. The molecule has 5 rings (SSSR count). The van der Waals surface area contributed by atoms with E-state index >= 15 is 0 Å². The van der Waals surface area contributed by atoms with Gasteiger partial charge in [-0.1, -0.05) is 42.5 Å². The molecule has 0 aliphatic carbocycles. The standard InChI is InChI=1S/C23H18N2O3/c26-20(24-13-11-15-5-1-2-10-19(15)24)12-14-25-22(27)17-8-3-6-16-7-4-9-18(21(16)17)23(25)28/h1-10H,11-14H2. The molecule has 0 unspecified atom stereocenters.